The lowest BCUT2D eigenvalue weighted by Crippen LogP contribution is -2.53. The first-order chi connectivity index (χ1) is 16.9. The van der Waals surface area contributed by atoms with E-state index in [0.717, 1.165) is 26.7 Å². The third-order valence-corrected chi connectivity index (χ3v) is 6.64. The van der Waals surface area contributed by atoms with E-state index in [-0.39, 0.29) is 24.5 Å². The summed E-state index contributed by atoms with van der Waals surface area (Å²) in [7, 11) is 0. The zero-order valence-corrected chi connectivity index (χ0v) is 22.7. The molecule has 0 heterocycles. The van der Waals surface area contributed by atoms with Gasteiger partial charge >= 0.3 is 0 Å². The fourth-order valence-electron chi connectivity index (χ4n) is 3.64. The monoisotopic (exact) mass is 584 g/mol. The number of rotatable bonds is 11. The number of aryl methyl sites for hydroxylation is 1. The number of carbonyl (C=O) groups is 2. The molecule has 0 aliphatic heterocycles. The Hall–Kier alpha value is -2.87. The molecule has 0 aliphatic carbocycles. The Morgan fingerprint density at radius 1 is 0.943 bits per heavy atom. The van der Waals surface area contributed by atoms with E-state index in [4.69, 9.17) is 4.74 Å². The third kappa shape index (κ3) is 8.38. The average Bonchev–Trinajstić information content (AvgIpc) is 2.87. The van der Waals surface area contributed by atoms with Crippen LogP contribution in [0.4, 0.5) is 0 Å². The quantitative estimate of drug-likeness (QED) is 0.302. The molecule has 184 valence electrons. The first-order valence-electron chi connectivity index (χ1n) is 11.9. The number of ether oxygens (including phenoxy) is 1. The fraction of sp³-hybridized carbons (Fsp3) is 0.310. The van der Waals surface area contributed by atoms with Gasteiger partial charge in [0.1, 0.15) is 11.8 Å². The molecule has 35 heavy (non-hydrogen) atoms. The van der Waals surface area contributed by atoms with Crippen LogP contribution < -0.4 is 10.1 Å². The molecule has 0 bridgehead atoms. The summed E-state index contributed by atoms with van der Waals surface area (Å²) in [4.78, 5) is 28.7. The lowest BCUT2D eigenvalue weighted by molar-refractivity contribution is -0.143. The van der Waals surface area contributed by atoms with Crippen LogP contribution in [0.25, 0.3) is 0 Å². The first-order valence-corrected chi connectivity index (χ1v) is 13.0. The molecule has 2 unspecified atom stereocenters. The largest absolute Gasteiger partial charge is 0.484 e. The number of hydrogen-bond acceptors (Lipinski definition) is 3. The Labute approximate surface area is 222 Å². The predicted octanol–water partition coefficient (Wildman–Crippen LogP) is 5.53. The van der Waals surface area contributed by atoms with Gasteiger partial charge in [-0.05, 0) is 78.3 Å². The molecule has 3 aromatic carbocycles. The van der Waals surface area contributed by atoms with E-state index in [0.29, 0.717) is 18.7 Å². The molecular weight excluding hydrogens is 551 g/mol. The zero-order chi connectivity index (χ0) is 25.2. The van der Waals surface area contributed by atoms with Crippen LogP contribution in [-0.2, 0) is 22.6 Å². The number of hydrogen-bond donors (Lipinski definition) is 1. The summed E-state index contributed by atoms with van der Waals surface area (Å²) < 4.78 is 6.91. The fourth-order valence-corrected chi connectivity index (χ4v) is 4.00. The normalized spacial score (nSPS) is 12.5. The van der Waals surface area contributed by atoms with Crippen molar-refractivity contribution in [1.82, 2.24) is 10.2 Å². The highest BCUT2D eigenvalue weighted by Crippen LogP contribution is 2.18. The van der Waals surface area contributed by atoms with Crippen LogP contribution in [0.15, 0.2) is 78.9 Å². The van der Waals surface area contributed by atoms with Gasteiger partial charge in [-0.1, -0.05) is 67.1 Å². The van der Waals surface area contributed by atoms with E-state index >= 15 is 0 Å². The molecule has 0 fully saturated rings. The standard InChI is InChI=1S/C29H33IN2O3/c1-4-22(3)31-29(34)27(18-23-8-6-5-7-9-23)32(19-24-12-10-21(2)11-13-24)28(33)20-35-26-16-14-25(30)15-17-26/h5-17,22,27H,4,18-20H2,1-3H3,(H,31,34). The maximum Gasteiger partial charge on any atom is 0.261 e. The molecule has 5 nitrogen and oxygen atoms in total. The minimum absolute atomic E-state index is 0.0140. The van der Waals surface area contributed by atoms with Crippen LogP contribution in [0.5, 0.6) is 5.75 Å². The lowest BCUT2D eigenvalue weighted by Gasteiger charge is -2.32. The van der Waals surface area contributed by atoms with Gasteiger partial charge in [-0.3, -0.25) is 9.59 Å². The van der Waals surface area contributed by atoms with Crippen molar-refractivity contribution in [1.29, 1.82) is 0 Å². The summed E-state index contributed by atoms with van der Waals surface area (Å²) in [6.07, 6.45) is 1.23. The zero-order valence-electron chi connectivity index (χ0n) is 20.5. The molecule has 6 heteroatoms. The number of amides is 2. The molecule has 2 atom stereocenters. The predicted molar refractivity (Wildman–Crippen MR) is 148 cm³/mol. The van der Waals surface area contributed by atoms with E-state index in [2.05, 4.69) is 27.9 Å². The van der Waals surface area contributed by atoms with Crippen LogP contribution in [0.3, 0.4) is 0 Å². The van der Waals surface area contributed by atoms with Crippen LogP contribution in [-0.4, -0.2) is 35.4 Å². The van der Waals surface area contributed by atoms with Crippen molar-refractivity contribution < 1.29 is 14.3 Å². The maximum atomic E-state index is 13.6. The van der Waals surface area contributed by atoms with Crippen molar-refractivity contribution >= 4 is 34.4 Å². The second-order valence-corrected chi connectivity index (χ2v) is 10.0. The molecule has 0 saturated heterocycles. The molecule has 0 aliphatic rings. The van der Waals surface area contributed by atoms with Crippen LogP contribution >= 0.6 is 22.6 Å². The van der Waals surface area contributed by atoms with Crippen molar-refractivity contribution in [2.45, 2.75) is 52.2 Å². The summed E-state index contributed by atoms with van der Waals surface area (Å²) in [5, 5.41) is 3.09. The van der Waals surface area contributed by atoms with E-state index in [9.17, 15) is 9.59 Å². The van der Waals surface area contributed by atoms with E-state index in [1.807, 2.05) is 99.6 Å². The van der Waals surface area contributed by atoms with Gasteiger partial charge in [0.05, 0.1) is 0 Å². The molecule has 2 amide bonds. The number of nitrogens with one attached hydrogen (secondary N) is 1. The Kier molecular flexibility index (Phi) is 10.1. The van der Waals surface area contributed by atoms with Crippen LogP contribution in [0, 0.1) is 10.5 Å². The molecule has 0 saturated carbocycles. The van der Waals surface area contributed by atoms with E-state index in [1.54, 1.807) is 4.90 Å². The summed E-state index contributed by atoms with van der Waals surface area (Å²) in [6, 6.07) is 24.8. The van der Waals surface area contributed by atoms with Crippen molar-refractivity contribution in [3.05, 3.63) is 99.1 Å². The number of benzene rings is 3. The molecule has 3 aromatic rings. The second-order valence-electron chi connectivity index (χ2n) is 8.77. The third-order valence-electron chi connectivity index (χ3n) is 5.92. The Bertz CT molecular complexity index is 1090. The smallest absolute Gasteiger partial charge is 0.261 e. The summed E-state index contributed by atoms with van der Waals surface area (Å²) in [5.41, 5.74) is 3.11. The minimum Gasteiger partial charge on any atom is -0.484 e. The Morgan fingerprint density at radius 2 is 1.60 bits per heavy atom. The first kappa shape index (κ1) is 26.7. The highest BCUT2D eigenvalue weighted by atomic mass is 127. The Balaban J connectivity index is 1.89. The van der Waals surface area contributed by atoms with Crippen LogP contribution in [0.2, 0.25) is 0 Å². The highest BCUT2D eigenvalue weighted by molar-refractivity contribution is 14.1. The second kappa shape index (κ2) is 13.3. The molecule has 3 rings (SSSR count). The molecular formula is C29H33IN2O3. The van der Waals surface area contributed by atoms with Gasteiger partial charge < -0.3 is 15.0 Å². The van der Waals surface area contributed by atoms with Gasteiger partial charge in [-0.2, -0.15) is 0 Å². The average molecular weight is 584 g/mol. The van der Waals surface area contributed by atoms with Gasteiger partial charge in [0.2, 0.25) is 5.91 Å². The van der Waals surface area contributed by atoms with Gasteiger partial charge in [-0.25, -0.2) is 0 Å². The molecule has 0 radical (unpaired) electrons. The van der Waals surface area contributed by atoms with Crippen LogP contribution in [0.1, 0.15) is 37.0 Å². The van der Waals surface area contributed by atoms with Gasteiger partial charge in [0.25, 0.3) is 5.91 Å². The van der Waals surface area contributed by atoms with Gasteiger partial charge in [0.15, 0.2) is 6.61 Å². The molecule has 0 spiro atoms. The molecule has 0 aromatic heterocycles. The summed E-state index contributed by atoms with van der Waals surface area (Å²) in [5.74, 6) is 0.236. The van der Waals surface area contributed by atoms with Gasteiger partial charge in [0, 0.05) is 22.6 Å². The summed E-state index contributed by atoms with van der Waals surface area (Å²) in [6.45, 7) is 6.21. The summed E-state index contributed by atoms with van der Waals surface area (Å²) >= 11 is 2.23. The topological polar surface area (TPSA) is 58.6 Å². The lowest BCUT2D eigenvalue weighted by atomic mass is 10.0. The number of nitrogens with zero attached hydrogens (tertiary/aromatic N) is 1. The SMILES string of the molecule is CCC(C)NC(=O)C(Cc1ccccc1)N(Cc1ccc(C)cc1)C(=O)COc1ccc(I)cc1. The Morgan fingerprint density at radius 3 is 2.23 bits per heavy atom. The number of carbonyl (C=O) groups excluding carboxylic acids is 2. The van der Waals surface area contributed by atoms with Crippen molar-refractivity contribution in [3.8, 4) is 5.75 Å². The molecule has 1 N–H and O–H groups in total. The van der Waals surface area contributed by atoms with Crippen molar-refractivity contribution in [2.75, 3.05) is 6.61 Å². The minimum atomic E-state index is -0.666. The van der Waals surface area contributed by atoms with Crippen molar-refractivity contribution in [2.24, 2.45) is 0 Å². The highest BCUT2D eigenvalue weighted by Gasteiger charge is 2.31. The van der Waals surface area contributed by atoms with E-state index < -0.39 is 6.04 Å². The van der Waals surface area contributed by atoms with E-state index in [1.165, 1.54) is 0 Å². The number of halogens is 1. The van der Waals surface area contributed by atoms with Crippen molar-refractivity contribution in [3.63, 3.8) is 0 Å². The maximum absolute atomic E-state index is 13.6. The van der Waals surface area contributed by atoms with Gasteiger partial charge in [-0.15, -0.1) is 0 Å².